The molecule has 0 radical (unpaired) electrons. The Morgan fingerprint density at radius 2 is 1.90 bits per heavy atom. The highest BCUT2D eigenvalue weighted by Crippen LogP contribution is 2.22. The Morgan fingerprint density at radius 3 is 2.66 bits per heavy atom. The smallest absolute Gasteiger partial charge is 0.253 e. The largest absolute Gasteiger partial charge is 0.378 e. The lowest BCUT2D eigenvalue weighted by Gasteiger charge is -2.26. The van der Waals surface area contributed by atoms with Crippen LogP contribution in [-0.4, -0.2) is 62.4 Å². The molecule has 2 aromatic heterocycles. The molecule has 0 atom stereocenters. The first kappa shape index (κ1) is 19.8. The van der Waals surface area contributed by atoms with Crippen LogP contribution in [0.4, 0.5) is 0 Å². The van der Waals surface area contributed by atoms with Crippen molar-refractivity contribution < 1.29 is 9.53 Å². The van der Waals surface area contributed by atoms with E-state index in [1.807, 2.05) is 11.8 Å². The van der Waals surface area contributed by atoms with Gasteiger partial charge >= 0.3 is 0 Å². The summed E-state index contributed by atoms with van der Waals surface area (Å²) in [5, 5.41) is 5.18. The summed E-state index contributed by atoms with van der Waals surface area (Å²) in [6, 6.07) is 8.40. The SMILES string of the molecule is Cc1ccccc1Cc1c(C)nc2nc(SCC(=O)N3CCOCC3)nn2c1C. The normalized spacial score (nSPS) is 14.5. The summed E-state index contributed by atoms with van der Waals surface area (Å²) in [6.45, 7) is 8.72. The molecule has 1 fully saturated rings. The fourth-order valence-corrected chi connectivity index (χ4v) is 4.26. The van der Waals surface area contributed by atoms with Crippen LogP contribution < -0.4 is 0 Å². The first-order valence-electron chi connectivity index (χ1n) is 9.78. The van der Waals surface area contributed by atoms with E-state index in [9.17, 15) is 4.79 Å². The Labute approximate surface area is 174 Å². The molecule has 3 heterocycles. The molecule has 0 N–H and O–H groups in total. The Bertz CT molecular complexity index is 1040. The Morgan fingerprint density at radius 1 is 1.14 bits per heavy atom. The van der Waals surface area contributed by atoms with Gasteiger partial charge in [-0.25, -0.2) is 9.50 Å². The fraction of sp³-hybridized carbons (Fsp3) is 0.429. The maximum absolute atomic E-state index is 12.4. The van der Waals surface area contributed by atoms with E-state index in [2.05, 4.69) is 53.2 Å². The number of hydrogen-bond donors (Lipinski definition) is 0. The first-order chi connectivity index (χ1) is 14.0. The standard InChI is InChI=1S/C21H25N5O2S/c1-14-6-4-5-7-17(14)12-18-15(2)22-20-23-21(24-26(20)16(18)3)29-13-19(27)25-8-10-28-11-9-25/h4-7H,8-13H2,1-3H3. The quantitative estimate of drug-likeness (QED) is 0.601. The van der Waals surface area contributed by atoms with Gasteiger partial charge in [0.2, 0.25) is 11.1 Å². The van der Waals surface area contributed by atoms with Crippen LogP contribution in [0.1, 0.15) is 28.1 Å². The molecule has 1 amide bonds. The highest BCUT2D eigenvalue weighted by Gasteiger charge is 2.19. The van der Waals surface area contributed by atoms with E-state index in [0.29, 0.717) is 43.0 Å². The molecule has 0 saturated carbocycles. The molecule has 0 unspecified atom stereocenters. The molecule has 0 spiro atoms. The van der Waals surface area contributed by atoms with Crippen LogP contribution in [0.5, 0.6) is 0 Å². The number of fused-ring (bicyclic) bond motifs is 1. The minimum absolute atomic E-state index is 0.0956. The third kappa shape index (κ3) is 4.28. The number of amides is 1. The average Bonchev–Trinajstić information content (AvgIpc) is 3.14. The van der Waals surface area contributed by atoms with E-state index in [1.54, 1.807) is 4.52 Å². The van der Waals surface area contributed by atoms with Crippen LogP contribution >= 0.6 is 11.8 Å². The van der Waals surface area contributed by atoms with Crippen molar-refractivity contribution in [1.82, 2.24) is 24.5 Å². The molecule has 7 nitrogen and oxygen atoms in total. The van der Waals surface area contributed by atoms with Crippen LogP contribution in [0.15, 0.2) is 29.4 Å². The molecule has 1 saturated heterocycles. The van der Waals surface area contributed by atoms with E-state index in [4.69, 9.17) is 4.74 Å². The van der Waals surface area contributed by atoms with Crippen LogP contribution in [0.2, 0.25) is 0 Å². The summed E-state index contributed by atoms with van der Waals surface area (Å²) in [7, 11) is 0. The van der Waals surface area contributed by atoms with Crippen molar-refractivity contribution in [2.45, 2.75) is 32.3 Å². The first-order valence-corrected chi connectivity index (χ1v) is 10.8. The zero-order valence-corrected chi connectivity index (χ0v) is 17.8. The van der Waals surface area contributed by atoms with Gasteiger partial charge in [-0.05, 0) is 37.5 Å². The summed E-state index contributed by atoms with van der Waals surface area (Å²) < 4.78 is 7.09. The van der Waals surface area contributed by atoms with Crippen molar-refractivity contribution in [2.24, 2.45) is 0 Å². The second kappa shape index (κ2) is 8.51. The zero-order valence-electron chi connectivity index (χ0n) is 17.0. The van der Waals surface area contributed by atoms with E-state index < -0.39 is 0 Å². The van der Waals surface area contributed by atoms with Crippen molar-refractivity contribution >= 4 is 23.4 Å². The summed E-state index contributed by atoms with van der Waals surface area (Å²) in [5.74, 6) is 0.999. The Kier molecular flexibility index (Phi) is 5.82. The topological polar surface area (TPSA) is 72.6 Å². The highest BCUT2D eigenvalue weighted by atomic mass is 32.2. The summed E-state index contributed by atoms with van der Waals surface area (Å²) in [6.07, 6.45) is 0.811. The minimum atomic E-state index is 0.0956. The third-order valence-corrected chi connectivity index (χ3v) is 6.17. The van der Waals surface area contributed by atoms with Gasteiger partial charge in [-0.1, -0.05) is 36.0 Å². The molecule has 1 aromatic carbocycles. The molecule has 0 aliphatic carbocycles. The molecule has 29 heavy (non-hydrogen) atoms. The summed E-state index contributed by atoms with van der Waals surface area (Å²) in [5.41, 5.74) is 5.72. The number of carbonyl (C=O) groups is 1. The van der Waals surface area contributed by atoms with Gasteiger partial charge in [0.15, 0.2) is 0 Å². The molecule has 8 heteroatoms. The molecular formula is C21H25N5O2S. The van der Waals surface area contributed by atoms with Gasteiger partial charge < -0.3 is 9.64 Å². The van der Waals surface area contributed by atoms with Gasteiger partial charge in [0.05, 0.1) is 19.0 Å². The number of carbonyl (C=O) groups excluding carboxylic acids is 1. The van der Waals surface area contributed by atoms with E-state index in [0.717, 1.165) is 23.4 Å². The van der Waals surface area contributed by atoms with Gasteiger partial charge in [0, 0.05) is 30.9 Å². The molecular weight excluding hydrogens is 386 g/mol. The van der Waals surface area contributed by atoms with E-state index >= 15 is 0 Å². The molecule has 3 aromatic rings. The maximum atomic E-state index is 12.4. The van der Waals surface area contributed by atoms with Gasteiger partial charge in [-0.15, -0.1) is 5.10 Å². The molecule has 1 aliphatic rings. The highest BCUT2D eigenvalue weighted by molar-refractivity contribution is 7.99. The summed E-state index contributed by atoms with van der Waals surface area (Å²) in [4.78, 5) is 23.4. The molecule has 0 bridgehead atoms. The zero-order chi connectivity index (χ0) is 20.4. The lowest BCUT2D eigenvalue weighted by molar-refractivity contribution is -0.132. The van der Waals surface area contributed by atoms with Crippen molar-refractivity contribution in [3.63, 3.8) is 0 Å². The number of thioether (sulfide) groups is 1. The van der Waals surface area contributed by atoms with Gasteiger partial charge in [-0.3, -0.25) is 4.79 Å². The van der Waals surface area contributed by atoms with Gasteiger partial charge in [0.25, 0.3) is 5.78 Å². The number of nitrogens with zero attached hydrogens (tertiary/aromatic N) is 5. The lowest BCUT2D eigenvalue weighted by atomic mass is 9.99. The molecule has 4 rings (SSSR count). The number of hydrogen-bond acceptors (Lipinski definition) is 6. The Balaban J connectivity index is 1.54. The second-order valence-corrected chi connectivity index (χ2v) is 8.19. The lowest BCUT2D eigenvalue weighted by Crippen LogP contribution is -2.41. The maximum Gasteiger partial charge on any atom is 0.253 e. The molecule has 152 valence electrons. The van der Waals surface area contributed by atoms with E-state index in [1.165, 1.54) is 22.9 Å². The number of morpholine rings is 1. The Hall–Kier alpha value is -2.45. The fourth-order valence-electron chi connectivity index (χ4n) is 3.54. The van der Waals surface area contributed by atoms with Crippen LogP contribution in [0, 0.1) is 20.8 Å². The second-order valence-electron chi connectivity index (χ2n) is 7.25. The van der Waals surface area contributed by atoms with Crippen molar-refractivity contribution in [3.05, 3.63) is 52.3 Å². The van der Waals surface area contributed by atoms with Crippen molar-refractivity contribution in [1.29, 1.82) is 0 Å². The van der Waals surface area contributed by atoms with Gasteiger partial charge in [0.1, 0.15) is 0 Å². The number of benzene rings is 1. The average molecular weight is 412 g/mol. The number of aromatic nitrogens is 4. The minimum Gasteiger partial charge on any atom is -0.378 e. The summed E-state index contributed by atoms with van der Waals surface area (Å²) >= 11 is 1.36. The predicted molar refractivity (Wildman–Crippen MR) is 112 cm³/mol. The number of aryl methyl sites for hydroxylation is 3. The van der Waals surface area contributed by atoms with Gasteiger partial charge in [-0.2, -0.15) is 4.98 Å². The monoisotopic (exact) mass is 411 g/mol. The predicted octanol–water partition coefficient (Wildman–Crippen LogP) is 2.59. The number of ether oxygens (including phenoxy) is 1. The van der Waals surface area contributed by atoms with E-state index in [-0.39, 0.29) is 5.91 Å². The van der Waals surface area contributed by atoms with Crippen molar-refractivity contribution in [3.8, 4) is 0 Å². The third-order valence-electron chi connectivity index (χ3n) is 5.35. The van der Waals surface area contributed by atoms with Crippen molar-refractivity contribution in [2.75, 3.05) is 32.1 Å². The van der Waals surface area contributed by atoms with Crippen LogP contribution in [0.3, 0.4) is 0 Å². The number of rotatable bonds is 5. The molecule has 1 aliphatic heterocycles. The van der Waals surface area contributed by atoms with Crippen LogP contribution in [-0.2, 0) is 16.0 Å². The van der Waals surface area contributed by atoms with Crippen LogP contribution in [0.25, 0.3) is 5.78 Å².